The van der Waals surface area contributed by atoms with Crippen molar-refractivity contribution in [3.63, 3.8) is 0 Å². The highest BCUT2D eigenvalue weighted by Crippen LogP contribution is 2.57. The molecule has 0 fully saturated rings. The predicted molar refractivity (Wildman–Crippen MR) is 126 cm³/mol. The second-order valence-electron chi connectivity index (χ2n) is 10.3. The van der Waals surface area contributed by atoms with Gasteiger partial charge in [0.15, 0.2) is 11.5 Å². The van der Waals surface area contributed by atoms with E-state index in [1.807, 2.05) is 38.1 Å². The maximum Gasteiger partial charge on any atom is 0.204 e. The number of nitriles is 3. The molecule has 0 radical (unpaired) electrons. The molecule has 0 bridgehead atoms. The van der Waals surface area contributed by atoms with Crippen molar-refractivity contribution >= 4 is 0 Å². The van der Waals surface area contributed by atoms with Gasteiger partial charge in [0.2, 0.25) is 5.41 Å². The lowest BCUT2D eigenvalue weighted by Crippen LogP contribution is -2.43. The van der Waals surface area contributed by atoms with Gasteiger partial charge < -0.3 is 15.2 Å². The first-order chi connectivity index (χ1) is 15.5. The number of nitrogens with two attached hydrogens (primary N) is 1. The summed E-state index contributed by atoms with van der Waals surface area (Å²) in [5.74, 6) is 0.972. The van der Waals surface area contributed by atoms with Gasteiger partial charge in [-0.05, 0) is 67.2 Å². The lowest BCUT2D eigenvalue weighted by atomic mass is 9.55. The van der Waals surface area contributed by atoms with E-state index in [1.54, 1.807) is 7.11 Å². The van der Waals surface area contributed by atoms with Crippen molar-refractivity contribution < 1.29 is 9.47 Å². The molecule has 3 rings (SSSR count). The summed E-state index contributed by atoms with van der Waals surface area (Å²) >= 11 is 0. The second-order valence-corrected chi connectivity index (χ2v) is 10.3. The molecule has 6 nitrogen and oxygen atoms in total. The molecule has 2 aliphatic carbocycles. The van der Waals surface area contributed by atoms with E-state index in [1.165, 1.54) is 0 Å². The molecule has 172 valence electrons. The fourth-order valence-electron chi connectivity index (χ4n) is 5.17. The van der Waals surface area contributed by atoms with E-state index in [4.69, 9.17) is 15.2 Å². The van der Waals surface area contributed by atoms with Crippen molar-refractivity contribution in [1.29, 1.82) is 15.8 Å². The monoisotopic (exact) mass is 444 g/mol. The fourth-order valence-corrected chi connectivity index (χ4v) is 5.17. The first-order valence-corrected chi connectivity index (χ1v) is 11.3. The highest BCUT2D eigenvalue weighted by molar-refractivity contribution is 5.59. The molecule has 33 heavy (non-hydrogen) atoms. The van der Waals surface area contributed by atoms with Crippen LogP contribution in [0, 0.1) is 56.7 Å². The van der Waals surface area contributed by atoms with Gasteiger partial charge in [0.1, 0.15) is 0 Å². The third-order valence-electron chi connectivity index (χ3n) is 6.99. The number of nitrogens with zero attached hydrogens (tertiary/aromatic N) is 3. The lowest BCUT2D eigenvalue weighted by molar-refractivity contribution is 0.180. The number of benzene rings is 1. The summed E-state index contributed by atoms with van der Waals surface area (Å²) in [5.41, 5.74) is 6.77. The predicted octanol–water partition coefficient (Wildman–Crippen LogP) is 5.35. The minimum atomic E-state index is -1.61. The zero-order valence-electron chi connectivity index (χ0n) is 20.3. The van der Waals surface area contributed by atoms with E-state index in [9.17, 15) is 15.8 Å². The van der Waals surface area contributed by atoms with E-state index in [0.29, 0.717) is 17.4 Å². The maximum absolute atomic E-state index is 10.2. The van der Waals surface area contributed by atoms with Crippen LogP contribution >= 0.6 is 0 Å². The van der Waals surface area contributed by atoms with Crippen LogP contribution in [-0.4, -0.2) is 13.2 Å². The zero-order chi connectivity index (χ0) is 24.6. The number of fused-ring (bicyclic) bond motifs is 1. The quantitative estimate of drug-likeness (QED) is 0.626. The van der Waals surface area contributed by atoms with Crippen LogP contribution in [0.1, 0.15) is 58.9 Å². The minimum Gasteiger partial charge on any atom is -0.493 e. The molecule has 2 aliphatic rings. The van der Waals surface area contributed by atoms with Crippen LogP contribution in [-0.2, 0) is 0 Å². The Morgan fingerprint density at radius 2 is 1.79 bits per heavy atom. The van der Waals surface area contributed by atoms with E-state index in [0.717, 1.165) is 24.0 Å². The van der Waals surface area contributed by atoms with Gasteiger partial charge in [0, 0.05) is 5.92 Å². The maximum atomic E-state index is 10.2. The SMILES string of the molecule is COc1ccc([C@H]2C(C#N)=C(N)C(C#N)(C#N)C3=CC[C@@H](C(C)(C)C)C[C@@H]32)cc1OC(C)C. The standard InChI is InChI=1S/C27H32N4O2/c1-16(2)33-23-11-17(7-10-22(23)32-6)24-19-12-18(26(3,4)5)8-9-21(19)27(14-29,15-30)25(31)20(24)13-28/h7,9-11,16,18-19,24H,8,12,31H2,1-6H3/t18-,19+,24-/m1/s1. The van der Waals surface area contributed by atoms with Crippen LogP contribution in [0.3, 0.4) is 0 Å². The normalized spacial score (nSPS) is 24.1. The topological polar surface area (TPSA) is 116 Å². The number of hydrogen-bond acceptors (Lipinski definition) is 6. The van der Waals surface area contributed by atoms with E-state index in [2.05, 4.69) is 39.0 Å². The highest BCUT2D eigenvalue weighted by Gasteiger charge is 2.53. The fraction of sp³-hybridized carbons (Fsp3) is 0.519. The summed E-state index contributed by atoms with van der Waals surface area (Å²) < 4.78 is 11.5. The molecule has 0 aliphatic heterocycles. The average Bonchev–Trinajstić information content (AvgIpc) is 2.77. The molecule has 0 heterocycles. The van der Waals surface area contributed by atoms with Crippen molar-refractivity contribution in [2.45, 2.75) is 59.5 Å². The van der Waals surface area contributed by atoms with Gasteiger partial charge in [-0.1, -0.05) is 32.9 Å². The summed E-state index contributed by atoms with van der Waals surface area (Å²) in [7, 11) is 1.59. The molecule has 3 atom stereocenters. The molecule has 0 saturated carbocycles. The number of methoxy groups -OCH3 is 1. The minimum absolute atomic E-state index is 0.0406. The van der Waals surface area contributed by atoms with Crippen molar-refractivity contribution in [1.82, 2.24) is 0 Å². The lowest BCUT2D eigenvalue weighted by Gasteiger charge is -2.46. The molecule has 0 saturated heterocycles. The van der Waals surface area contributed by atoms with Gasteiger partial charge in [0.25, 0.3) is 0 Å². The van der Waals surface area contributed by atoms with Gasteiger partial charge in [-0.15, -0.1) is 0 Å². The van der Waals surface area contributed by atoms with Gasteiger partial charge in [-0.2, -0.15) is 15.8 Å². The Morgan fingerprint density at radius 3 is 2.30 bits per heavy atom. The Morgan fingerprint density at radius 1 is 1.12 bits per heavy atom. The van der Waals surface area contributed by atoms with Gasteiger partial charge in [0.05, 0.1) is 42.7 Å². The number of allylic oxidation sites excluding steroid dienone is 3. The second kappa shape index (κ2) is 8.84. The molecule has 2 N–H and O–H groups in total. The third kappa shape index (κ3) is 4.05. The van der Waals surface area contributed by atoms with Crippen molar-refractivity contribution in [3.8, 4) is 29.7 Å². The molecule has 1 aromatic carbocycles. The molecule has 0 aromatic heterocycles. The zero-order valence-corrected chi connectivity index (χ0v) is 20.3. The van der Waals surface area contributed by atoms with Crippen LogP contribution in [0.5, 0.6) is 11.5 Å². The number of rotatable bonds is 4. The number of hydrogen-bond donors (Lipinski definition) is 1. The molecular formula is C27H32N4O2. The Hall–Kier alpha value is -3.43. The van der Waals surface area contributed by atoms with Crippen molar-refractivity contribution in [2.75, 3.05) is 7.11 Å². The molecule has 0 amide bonds. The van der Waals surface area contributed by atoms with Crippen molar-refractivity contribution in [2.24, 2.45) is 28.4 Å². The molecule has 0 spiro atoms. The van der Waals surface area contributed by atoms with E-state index in [-0.39, 0.29) is 34.6 Å². The smallest absolute Gasteiger partial charge is 0.204 e. The van der Waals surface area contributed by atoms with Gasteiger partial charge in [-0.3, -0.25) is 0 Å². The third-order valence-corrected chi connectivity index (χ3v) is 6.99. The highest BCUT2D eigenvalue weighted by atomic mass is 16.5. The van der Waals surface area contributed by atoms with Crippen LogP contribution in [0.4, 0.5) is 0 Å². The van der Waals surface area contributed by atoms with Crippen LogP contribution < -0.4 is 15.2 Å². The van der Waals surface area contributed by atoms with E-state index < -0.39 is 5.41 Å². The molecular weight excluding hydrogens is 412 g/mol. The Balaban J connectivity index is 2.28. The summed E-state index contributed by atoms with van der Waals surface area (Å²) in [4.78, 5) is 0. The number of ether oxygens (including phenoxy) is 2. The first-order valence-electron chi connectivity index (χ1n) is 11.3. The van der Waals surface area contributed by atoms with Crippen LogP contribution in [0.2, 0.25) is 0 Å². The molecule has 6 heteroatoms. The van der Waals surface area contributed by atoms with Crippen LogP contribution in [0.15, 0.2) is 41.1 Å². The summed E-state index contributed by atoms with van der Waals surface area (Å²) in [5, 5.41) is 30.3. The molecule has 1 aromatic rings. The Kier molecular flexibility index (Phi) is 6.49. The van der Waals surface area contributed by atoms with Crippen LogP contribution in [0.25, 0.3) is 0 Å². The largest absolute Gasteiger partial charge is 0.493 e. The molecule has 0 unspecified atom stereocenters. The average molecular weight is 445 g/mol. The van der Waals surface area contributed by atoms with E-state index >= 15 is 0 Å². The summed E-state index contributed by atoms with van der Waals surface area (Å²) in [6.45, 7) is 10.5. The Labute approximate surface area is 196 Å². The Bertz CT molecular complexity index is 1100. The van der Waals surface area contributed by atoms with Gasteiger partial charge in [-0.25, -0.2) is 0 Å². The van der Waals surface area contributed by atoms with Crippen molar-refractivity contribution in [3.05, 3.63) is 46.7 Å². The van der Waals surface area contributed by atoms with Gasteiger partial charge >= 0.3 is 0 Å². The summed E-state index contributed by atoms with van der Waals surface area (Å²) in [6.07, 6.45) is 3.50. The first kappa shape index (κ1) is 24.2. The summed E-state index contributed by atoms with van der Waals surface area (Å²) in [6, 6.07) is 12.2.